The molecular weight excluding hydrogens is 275 g/mol. The number of halogens is 2. The van der Waals surface area contributed by atoms with Crippen molar-refractivity contribution < 1.29 is 9.53 Å². The molecule has 1 unspecified atom stereocenters. The second kappa shape index (κ2) is 5.24. The van der Waals surface area contributed by atoms with Crippen LogP contribution in [0.1, 0.15) is 19.8 Å². The fourth-order valence-corrected chi connectivity index (χ4v) is 1.76. The van der Waals surface area contributed by atoms with E-state index in [9.17, 15) is 4.79 Å². The summed E-state index contributed by atoms with van der Waals surface area (Å²) in [5.41, 5.74) is 6.11. The highest BCUT2D eigenvalue weighted by Crippen LogP contribution is 2.32. The van der Waals surface area contributed by atoms with Gasteiger partial charge in [0.1, 0.15) is 5.75 Å². The fraction of sp³-hybridized carbons (Fsp3) is 0.417. The molecule has 1 fully saturated rings. The van der Waals surface area contributed by atoms with Crippen LogP contribution in [0.4, 0.5) is 5.69 Å². The topological polar surface area (TPSA) is 64.3 Å². The van der Waals surface area contributed by atoms with E-state index < -0.39 is 6.10 Å². The highest BCUT2D eigenvalue weighted by molar-refractivity contribution is 6.42. The molecule has 1 aromatic carbocycles. The van der Waals surface area contributed by atoms with E-state index in [1.165, 1.54) is 12.1 Å². The van der Waals surface area contributed by atoms with Crippen molar-refractivity contribution in [2.24, 2.45) is 0 Å². The normalized spacial score (nSPS) is 16.2. The lowest BCUT2D eigenvalue weighted by Crippen LogP contribution is -2.37. The van der Waals surface area contributed by atoms with Crippen molar-refractivity contribution >= 4 is 34.8 Å². The molecule has 0 heterocycles. The number of nitrogens with one attached hydrogen (secondary N) is 1. The third kappa shape index (κ3) is 3.21. The number of ether oxygens (including phenoxy) is 1. The largest absolute Gasteiger partial charge is 0.479 e. The molecule has 0 aromatic heterocycles. The summed E-state index contributed by atoms with van der Waals surface area (Å²) in [4.78, 5) is 11.7. The Morgan fingerprint density at radius 1 is 1.44 bits per heavy atom. The van der Waals surface area contributed by atoms with Crippen molar-refractivity contribution in [3.63, 3.8) is 0 Å². The SMILES string of the molecule is CC(Oc1cc(Cl)c(Cl)cc1N)C(=O)NC1CC1. The molecule has 6 heteroatoms. The van der Waals surface area contributed by atoms with Crippen LogP contribution >= 0.6 is 23.2 Å². The van der Waals surface area contributed by atoms with Gasteiger partial charge in [0.15, 0.2) is 6.10 Å². The van der Waals surface area contributed by atoms with Gasteiger partial charge in [-0.3, -0.25) is 4.79 Å². The molecule has 0 bridgehead atoms. The van der Waals surface area contributed by atoms with Crippen molar-refractivity contribution in [1.29, 1.82) is 0 Å². The Bertz CT molecular complexity index is 475. The first-order valence-corrected chi connectivity index (χ1v) is 6.44. The molecular formula is C12H14Cl2N2O2. The Kier molecular flexibility index (Phi) is 3.88. The standard InChI is InChI=1S/C12H14Cl2N2O2/c1-6(12(17)16-7-2-3-7)18-11-5-9(14)8(13)4-10(11)15/h4-7H,2-3,15H2,1H3,(H,16,17). The summed E-state index contributed by atoms with van der Waals surface area (Å²) in [5, 5.41) is 3.56. The Morgan fingerprint density at radius 3 is 2.67 bits per heavy atom. The molecule has 1 aromatic rings. The summed E-state index contributed by atoms with van der Waals surface area (Å²) in [7, 11) is 0. The minimum Gasteiger partial charge on any atom is -0.479 e. The smallest absolute Gasteiger partial charge is 0.260 e. The summed E-state index contributed by atoms with van der Waals surface area (Å²) in [6, 6.07) is 3.32. The average molecular weight is 289 g/mol. The molecule has 0 saturated heterocycles. The first kappa shape index (κ1) is 13.3. The summed E-state index contributed by atoms with van der Waals surface area (Å²) in [6.07, 6.45) is 1.45. The van der Waals surface area contributed by atoms with Gasteiger partial charge in [-0.15, -0.1) is 0 Å². The van der Waals surface area contributed by atoms with Crippen LogP contribution in [-0.2, 0) is 4.79 Å². The van der Waals surface area contributed by atoms with Crippen LogP contribution in [0.25, 0.3) is 0 Å². The number of rotatable bonds is 4. The van der Waals surface area contributed by atoms with Crippen LogP contribution in [0.15, 0.2) is 12.1 Å². The zero-order valence-corrected chi connectivity index (χ0v) is 11.4. The lowest BCUT2D eigenvalue weighted by atomic mass is 10.3. The predicted molar refractivity (Wildman–Crippen MR) is 72.1 cm³/mol. The quantitative estimate of drug-likeness (QED) is 0.837. The molecule has 1 amide bonds. The van der Waals surface area contributed by atoms with Crippen LogP contribution in [0.2, 0.25) is 10.0 Å². The Balaban J connectivity index is 2.03. The maximum atomic E-state index is 11.7. The van der Waals surface area contributed by atoms with Gasteiger partial charge in [-0.2, -0.15) is 0 Å². The van der Waals surface area contributed by atoms with E-state index in [4.69, 9.17) is 33.7 Å². The summed E-state index contributed by atoms with van der Waals surface area (Å²) in [5.74, 6) is 0.214. The first-order chi connectivity index (χ1) is 8.47. The minimum absolute atomic E-state index is 0.150. The summed E-state index contributed by atoms with van der Waals surface area (Å²) >= 11 is 11.7. The Morgan fingerprint density at radius 2 is 2.06 bits per heavy atom. The summed E-state index contributed by atoms with van der Waals surface area (Å²) < 4.78 is 5.49. The third-order valence-corrected chi connectivity index (χ3v) is 3.37. The van der Waals surface area contributed by atoms with E-state index in [2.05, 4.69) is 5.32 Å². The number of carbonyl (C=O) groups is 1. The molecule has 3 N–H and O–H groups in total. The number of anilines is 1. The van der Waals surface area contributed by atoms with Gasteiger partial charge < -0.3 is 15.8 Å². The van der Waals surface area contributed by atoms with Gasteiger partial charge in [0.05, 0.1) is 15.7 Å². The molecule has 18 heavy (non-hydrogen) atoms. The van der Waals surface area contributed by atoms with Crippen molar-refractivity contribution in [1.82, 2.24) is 5.32 Å². The van der Waals surface area contributed by atoms with Gasteiger partial charge >= 0.3 is 0 Å². The lowest BCUT2D eigenvalue weighted by molar-refractivity contribution is -0.127. The van der Waals surface area contributed by atoms with Crippen molar-refractivity contribution in [2.45, 2.75) is 31.9 Å². The maximum Gasteiger partial charge on any atom is 0.260 e. The van der Waals surface area contributed by atoms with Crippen LogP contribution < -0.4 is 15.8 Å². The Labute approximate surface area is 115 Å². The van der Waals surface area contributed by atoms with E-state index >= 15 is 0 Å². The number of amides is 1. The third-order valence-electron chi connectivity index (χ3n) is 2.65. The fourth-order valence-electron chi connectivity index (χ4n) is 1.44. The van der Waals surface area contributed by atoms with E-state index in [0.717, 1.165) is 12.8 Å². The van der Waals surface area contributed by atoms with Crippen molar-refractivity contribution in [2.75, 3.05) is 5.73 Å². The first-order valence-electron chi connectivity index (χ1n) is 5.69. The van der Waals surface area contributed by atoms with E-state index in [1.807, 2.05) is 0 Å². The maximum absolute atomic E-state index is 11.7. The molecule has 0 spiro atoms. The van der Waals surface area contributed by atoms with Gasteiger partial charge in [0, 0.05) is 12.1 Å². The second-order valence-electron chi connectivity index (χ2n) is 4.35. The molecule has 4 nitrogen and oxygen atoms in total. The van der Waals surface area contributed by atoms with E-state index in [1.54, 1.807) is 6.92 Å². The van der Waals surface area contributed by atoms with Gasteiger partial charge in [-0.25, -0.2) is 0 Å². The molecule has 2 rings (SSSR count). The molecule has 98 valence electrons. The molecule has 0 aliphatic heterocycles. The summed E-state index contributed by atoms with van der Waals surface area (Å²) in [6.45, 7) is 1.67. The molecule has 1 atom stereocenters. The number of nitrogens with two attached hydrogens (primary N) is 1. The van der Waals surface area contributed by atoms with Crippen LogP contribution in [-0.4, -0.2) is 18.1 Å². The van der Waals surface area contributed by atoms with Gasteiger partial charge in [-0.05, 0) is 25.8 Å². The molecule has 1 aliphatic rings. The van der Waals surface area contributed by atoms with Crippen molar-refractivity contribution in [3.8, 4) is 5.75 Å². The van der Waals surface area contributed by atoms with Gasteiger partial charge in [0.2, 0.25) is 0 Å². The number of benzene rings is 1. The van der Waals surface area contributed by atoms with Crippen molar-refractivity contribution in [3.05, 3.63) is 22.2 Å². The lowest BCUT2D eigenvalue weighted by Gasteiger charge is -2.16. The van der Waals surface area contributed by atoms with Crippen LogP contribution in [0, 0.1) is 0 Å². The van der Waals surface area contributed by atoms with E-state index in [-0.39, 0.29) is 5.91 Å². The zero-order chi connectivity index (χ0) is 13.3. The Hall–Kier alpha value is -1.13. The highest BCUT2D eigenvalue weighted by atomic mass is 35.5. The second-order valence-corrected chi connectivity index (χ2v) is 5.16. The number of nitrogen functional groups attached to an aromatic ring is 1. The van der Waals surface area contributed by atoms with Gasteiger partial charge in [0.25, 0.3) is 5.91 Å². The minimum atomic E-state index is -0.620. The molecule has 1 aliphatic carbocycles. The predicted octanol–water partition coefficient (Wildman–Crippen LogP) is 2.62. The number of hydrogen-bond acceptors (Lipinski definition) is 3. The molecule has 1 saturated carbocycles. The highest BCUT2D eigenvalue weighted by Gasteiger charge is 2.26. The number of carbonyl (C=O) groups excluding carboxylic acids is 1. The average Bonchev–Trinajstić information content (AvgIpc) is 3.09. The monoisotopic (exact) mass is 288 g/mol. The van der Waals surface area contributed by atoms with E-state index in [0.29, 0.717) is 27.5 Å². The van der Waals surface area contributed by atoms with Gasteiger partial charge in [-0.1, -0.05) is 23.2 Å². The number of hydrogen-bond donors (Lipinski definition) is 2. The van der Waals surface area contributed by atoms with Crippen LogP contribution in [0.3, 0.4) is 0 Å². The molecule has 0 radical (unpaired) electrons. The zero-order valence-electron chi connectivity index (χ0n) is 9.87. The van der Waals surface area contributed by atoms with Crippen LogP contribution in [0.5, 0.6) is 5.75 Å².